The van der Waals surface area contributed by atoms with E-state index in [1.54, 1.807) is 0 Å². The topological polar surface area (TPSA) is 86.0 Å². The lowest BCUT2D eigenvalue weighted by molar-refractivity contribution is 0.295. The Kier molecular flexibility index (Phi) is 4.39. The molecule has 0 saturated carbocycles. The maximum Gasteiger partial charge on any atom is 0.232 e. The summed E-state index contributed by atoms with van der Waals surface area (Å²) in [4.78, 5) is 12.7. The van der Waals surface area contributed by atoms with E-state index in [0.717, 1.165) is 24.3 Å². The van der Waals surface area contributed by atoms with E-state index in [9.17, 15) is 0 Å². The number of rotatable bonds is 5. The Morgan fingerprint density at radius 3 is 2.65 bits per heavy atom. The van der Waals surface area contributed by atoms with Crippen molar-refractivity contribution in [3.63, 3.8) is 0 Å². The Morgan fingerprint density at radius 2 is 1.81 bits per heavy atom. The largest absolute Gasteiger partial charge is 0.486 e. The van der Waals surface area contributed by atoms with Crippen LogP contribution in [-0.2, 0) is 19.4 Å². The molecule has 132 valence electrons. The number of nitrogens with zero attached hydrogens (tertiary/aromatic N) is 3. The molecular formula is C20H21N5O. The molecule has 1 aliphatic carbocycles. The first-order valence-electron chi connectivity index (χ1n) is 8.74. The molecule has 4 rings (SSSR count). The molecule has 3 N–H and O–H groups in total. The van der Waals surface area contributed by atoms with Crippen LogP contribution in [0.15, 0.2) is 42.5 Å². The van der Waals surface area contributed by atoms with E-state index in [1.807, 2.05) is 37.3 Å². The minimum Gasteiger partial charge on any atom is -0.486 e. The second kappa shape index (κ2) is 7.00. The average Bonchev–Trinajstić information content (AvgIpc) is 3.09. The summed E-state index contributed by atoms with van der Waals surface area (Å²) in [6, 6.07) is 14.2. The van der Waals surface area contributed by atoms with Gasteiger partial charge < -0.3 is 15.8 Å². The van der Waals surface area contributed by atoms with Crippen molar-refractivity contribution in [3.05, 3.63) is 65.0 Å². The van der Waals surface area contributed by atoms with Crippen molar-refractivity contribution < 1.29 is 4.74 Å². The number of anilines is 3. The fraction of sp³-hybridized carbons (Fsp3) is 0.250. The number of fused-ring (bicyclic) bond motifs is 1. The van der Waals surface area contributed by atoms with E-state index >= 15 is 0 Å². The maximum absolute atomic E-state index is 5.86. The SMILES string of the molecule is Cc1ccc(Nc2nc(N)nc(COc3ccc4c(c3)CCC4)n2)cc1. The maximum atomic E-state index is 5.86. The first-order valence-corrected chi connectivity index (χ1v) is 8.74. The van der Waals surface area contributed by atoms with Gasteiger partial charge in [-0.1, -0.05) is 23.8 Å². The fourth-order valence-corrected chi connectivity index (χ4v) is 3.11. The smallest absolute Gasteiger partial charge is 0.232 e. The van der Waals surface area contributed by atoms with Gasteiger partial charge in [-0.05, 0) is 61.6 Å². The normalized spacial score (nSPS) is 12.7. The van der Waals surface area contributed by atoms with Crippen molar-refractivity contribution in [3.8, 4) is 5.75 Å². The van der Waals surface area contributed by atoms with Gasteiger partial charge in [-0.25, -0.2) is 0 Å². The number of benzene rings is 2. The summed E-state index contributed by atoms with van der Waals surface area (Å²) in [5.74, 6) is 1.90. The van der Waals surface area contributed by atoms with Gasteiger partial charge in [0.1, 0.15) is 12.4 Å². The lowest BCUT2D eigenvalue weighted by Crippen LogP contribution is -2.09. The molecule has 0 atom stereocenters. The Labute approximate surface area is 152 Å². The number of nitrogen functional groups attached to an aromatic ring is 1. The second-order valence-electron chi connectivity index (χ2n) is 6.50. The molecule has 0 radical (unpaired) electrons. The molecule has 2 aromatic carbocycles. The van der Waals surface area contributed by atoms with E-state index in [0.29, 0.717) is 11.8 Å². The molecule has 0 fully saturated rings. The van der Waals surface area contributed by atoms with Crippen molar-refractivity contribution in [2.24, 2.45) is 0 Å². The van der Waals surface area contributed by atoms with E-state index in [1.165, 1.54) is 23.1 Å². The minimum atomic E-state index is 0.169. The molecule has 1 aromatic heterocycles. The standard InChI is InChI=1S/C20H21N5O/c1-13-5-8-16(9-6-13)22-20-24-18(23-19(21)25-20)12-26-17-10-7-14-3-2-4-15(14)11-17/h5-11H,2-4,12H2,1H3,(H3,21,22,23,24,25). The van der Waals surface area contributed by atoms with Gasteiger partial charge in [0.05, 0.1) is 0 Å². The van der Waals surface area contributed by atoms with Crippen LogP contribution in [0.5, 0.6) is 5.75 Å². The van der Waals surface area contributed by atoms with Crippen molar-refractivity contribution >= 4 is 17.6 Å². The summed E-state index contributed by atoms with van der Waals surface area (Å²) < 4.78 is 5.86. The number of aryl methyl sites for hydroxylation is 3. The van der Waals surface area contributed by atoms with Crippen LogP contribution in [0.3, 0.4) is 0 Å². The molecule has 0 bridgehead atoms. The molecule has 0 amide bonds. The predicted molar refractivity (Wildman–Crippen MR) is 102 cm³/mol. The summed E-state index contributed by atoms with van der Waals surface area (Å²) in [7, 11) is 0. The van der Waals surface area contributed by atoms with E-state index < -0.39 is 0 Å². The molecule has 0 spiro atoms. The van der Waals surface area contributed by atoms with Gasteiger partial charge in [0.25, 0.3) is 0 Å². The van der Waals surface area contributed by atoms with Gasteiger partial charge in [0, 0.05) is 5.69 Å². The molecule has 1 aliphatic rings. The van der Waals surface area contributed by atoms with Crippen molar-refractivity contribution in [1.82, 2.24) is 15.0 Å². The Bertz CT molecular complexity index is 924. The highest BCUT2D eigenvalue weighted by Gasteiger charge is 2.12. The van der Waals surface area contributed by atoms with Gasteiger partial charge >= 0.3 is 0 Å². The first-order chi connectivity index (χ1) is 12.7. The van der Waals surface area contributed by atoms with Crippen LogP contribution in [-0.4, -0.2) is 15.0 Å². The zero-order valence-corrected chi connectivity index (χ0v) is 14.7. The number of nitrogens with two attached hydrogens (primary N) is 1. The number of nitrogens with one attached hydrogen (secondary N) is 1. The predicted octanol–water partition coefficient (Wildman–Crippen LogP) is 3.57. The third-order valence-electron chi connectivity index (χ3n) is 4.44. The number of ether oxygens (including phenoxy) is 1. The van der Waals surface area contributed by atoms with Crippen LogP contribution < -0.4 is 15.8 Å². The summed E-state index contributed by atoms with van der Waals surface area (Å²) >= 11 is 0. The summed E-state index contributed by atoms with van der Waals surface area (Å²) in [5, 5.41) is 3.15. The molecule has 3 aromatic rings. The third kappa shape index (κ3) is 3.74. The molecule has 0 aliphatic heterocycles. The van der Waals surface area contributed by atoms with E-state index in [2.05, 4.69) is 32.4 Å². The van der Waals surface area contributed by atoms with Crippen LogP contribution in [0.1, 0.15) is 28.9 Å². The second-order valence-corrected chi connectivity index (χ2v) is 6.50. The molecule has 0 unspecified atom stereocenters. The van der Waals surface area contributed by atoms with Crippen LogP contribution in [0.4, 0.5) is 17.6 Å². The summed E-state index contributed by atoms with van der Waals surface area (Å²) in [6.45, 7) is 2.28. The number of aromatic nitrogens is 3. The number of hydrogen-bond donors (Lipinski definition) is 2. The van der Waals surface area contributed by atoms with Crippen molar-refractivity contribution in [2.45, 2.75) is 32.8 Å². The molecular weight excluding hydrogens is 326 g/mol. The van der Waals surface area contributed by atoms with Crippen LogP contribution in [0, 0.1) is 6.92 Å². The van der Waals surface area contributed by atoms with Crippen LogP contribution >= 0.6 is 0 Å². The lowest BCUT2D eigenvalue weighted by Gasteiger charge is -2.10. The lowest BCUT2D eigenvalue weighted by atomic mass is 10.1. The highest BCUT2D eigenvalue weighted by molar-refractivity contribution is 5.54. The zero-order valence-electron chi connectivity index (χ0n) is 14.7. The molecule has 6 heteroatoms. The first kappa shape index (κ1) is 16.3. The highest BCUT2D eigenvalue weighted by atomic mass is 16.5. The van der Waals surface area contributed by atoms with Gasteiger partial charge in [0.15, 0.2) is 5.82 Å². The third-order valence-corrected chi connectivity index (χ3v) is 4.44. The molecule has 1 heterocycles. The Morgan fingerprint density at radius 1 is 1.00 bits per heavy atom. The molecule has 26 heavy (non-hydrogen) atoms. The zero-order chi connectivity index (χ0) is 17.9. The van der Waals surface area contributed by atoms with Crippen LogP contribution in [0.2, 0.25) is 0 Å². The average molecular weight is 347 g/mol. The quantitative estimate of drug-likeness (QED) is 0.734. The van der Waals surface area contributed by atoms with Gasteiger partial charge in [-0.15, -0.1) is 0 Å². The number of hydrogen-bond acceptors (Lipinski definition) is 6. The van der Waals surface area contributed by atoms with E-state index in [-0.39, 0.29) is 12.6 Å². The molecule has 0 saturated heterocycles. The monoisotopic (exact) mass is 347 g/mol. The van der Waals surface area contributed by atoms with E-state index in [4.69, 9.17) is 10.5 Å². The Balaban J connectivity index is 1.46. The molecule has 6 nitrogen and oxygen atoms in total. The summed E-state index contributed by atoms with van der Waals surface area (Å²) in [6.07, 6.45) is 3.50. The summed E-state index contributed by atoms with van der Waals surface area (Å²) in [5.41, 5.74) is 10.7. The van der Waals surface area contributed by atoms with Crippen molar-refractivity contribution in [1.29, 1.82) is 0 Å². The van der Waals surface area contributed by atoms with Gasteiger partial charge in [-0.3, -0.25) is 0 Å². The van der Waals surface area contributed by atoms with Crippen LogP contribution in [0.25, 0.3) is 0 Å². The van der Waals surface area contributed by atoms with Crippen molar-refractivity contribution in [2.75, 3.05) is 11.1 Å². The minimum absolute atomic E-state index is 0.169. The van der Waals surface area contributed by atoms with Gasteiger partial charge in [-0.2, -0.15) is 15.0 Å². The Hall–Kier alpha value is -3.15. The highest BCUT2D eigenvalue weighted by Crippen LogP contribution is 2.26. The van der Waals surface area contributed by atoms with Gasteiger partial charge in [0.2, 0.25) is 11.9 Å². The fourth-order valence-electron chi connectivity index (χ4n) is 3.11.